The van der Waals surface area contributed by atoms with Crippen LogP contribution in [0.1, 0.15) is 48.0 Å². The van der Waals surface area contributed by atoms with Crippen molar-refractivity contribution in [3.05, 3.63) is 78.0 Å². The number of ether oxygens (including phenoxy) is 3. The Labute approximate surface area is 251 Å². The first-order valence-electron chi connectivity index (χ1n) is 14.1. The second-order valence-electron chi connectivity index (χ2n) is 10.6. The van der Waals surface area contributed by atoms with Crippen LogP contribution in [0.5, 0.6) is 17.2 Å². The first-order valence-corrected chi connectivity index (χ1v) is 15.5. The zero-order chi connectivity index (χ0) is 30.6. The van der Waals surface area contributed by atoms with E-state index >= 15 is 0 Å². The third-order valence-corrected chi connectivity index (χ3v) is 9.14. The number of aromatic nitrogens is 1. The van der Waals surface area contributed by atoms with Gasteiger partial charge in [-0.1, -0.05) is 25.0 Å². The number of rotatable bonds is 11. The maximum Gasteiger partial charge on any atom is 0.268 e. The van der Waals surface area contributed by atoms with Crippen molar-refractivity contribution in [2.45, 2.75) is 43.5 Å². The fourth-order valence-electron chi connectivity index (χ4n) is 5.52. The number of carbonyl (C=O) groups is 2. The molecule has 0 aliphatic heterocycles. The molecule has 226 valence electrons. The van der Waals surface area contributed by atoms with Crippen LogP contribution in [0.2, 0.25) is 0 Å². The zero-order valence-corrected chi connectivity index (χ0v) is 25.2. The fraction of sp³-hybridized carbons (Fsp3) is 0.312. The summed E-state index contributed by atoms with van der Waals surface area (Å²) in [4.78, 5) is 25.4. The number of methoxy groups -OCH3 is 3. The van der Waals surface area contributed by atoms with Crippen molar-refractivity contribution in [1.82, 2.24) is 9.29 Å². The van der Waals surface area contributed by atoms with Gasteiger partial charge in [-0.15, -0.1) is 0 Å². The van der Waals surface area contributed by atoms with E-state index < -0.39 is 15.9 Å². The second-order valence-corrected chi connectivity index (χ2v) is 12.2. The molecule has 2 amide bonds. The molecule has 10 nitrogen and oxygen atoms in total. The first kappa shape index (κ1) is 30.0. The Balaban J connectivity index is 1.33. The van der Waals surface area contributed by atoms with E-state index in [1.54, 1.807) is 18.2 Å². The Kier molecular flexibility index (Phi) is 8.91. The van der Waals surface area contributed by atoms with Crippen molar-refractivity contribution in [2.75, 3.05) is 26.6 Å². The molecule has 0 atom stereocenters. The Morgan fingerprint density at radius 3 is 2.37 bits per heavy atom. The lowest BCUT2D eigenvalue weighted by Crippen LogP contribution is -2.31. The second kappa shape index (κ2) is 12.8. The number of sulfonamides is 1. The summed E-state index contributed by atoms with van der Waals surface area (Å²) in [5.41, 5.74) is 2.56. The van der Waals surface area contributed by atoms with Gasteiger partial charge < -0.3 is 24.1 Å². The van der Waals surface area contributed by atoms with E-state index in [9.17, 15) is 18.0 Å². The van der Waals surface area contributed by atoms with E-state index in [0.29, 0.717) is 30.4 Å². The molecule has 5 rings (SSSR count). The molecule has 1 aliphatic carbocycles. The van der Waals surface area contributed by atoms with Crippen LogP contribution in [0.4, 0.5) is 5.69 Å². The lowest BCUT2D eigenvalue weighted by Gasteiger charge is -2.14. The largest absolute Gasteiger partial charge is 0.497 e. The van der Waals surface area contributed by atoms with Gasteiger partial charge in [-0.2, -0.15) is 0 Å². The number of carbonyl (C=O) groups excluding carboxylic acids is 2. The Morgan fingerprint density at radius 2 is 1.65 bits per heavy atom. The van der Waals surface area contributed by atoms with Crippen LogP contribution >= 0.6 is 0 Å². The molecule has 1 aliphatic rings. The highest BCUT2D eigenvalue weighted by atomic mass is 32.2. The Hall–Kier alpha value is -4.51. The Bertz CT molecular complexity index is 1760. The maximum absolute atomic E-state index is 13.1. The minimum absolute atomic E-state index is 0.0340. The normalized spacial score (nSPS) is 13.6. The number of anilines is 1. The van der Waals surface area contributed by atoms with Gasteiger partial charge in [0.05, 0.1) is 33.4 Å². The maximum atomic E-state index is 13.1. The molecule has 11 heteroatoms. The molecule has 0 bridgehead atoms. The van der Waals surface area contributed by atoms with Crippen molar-refractivity contribution in [1.29, 1.82) is 0 Å². The first-order chi connectivity index (χ1) is 20.7. The summed E-state index contributed by atoms with van der Waals surface area (Å²) in [5.74, 6) is 0.480. The molecule has 0 spiro atoms. The zero-order valence-electron chi connectivity index (χ0n) is 24.4. The SMILES string of the molecule is COc1ccc(OC)c(S(=O)(=O)NC(=O)c2ccc(Cn3ccc4ccc(NC(=O)CC5CCCC5)cc43)c(OC)c2)c1. The smallest absolute Gasteiger partial charge is 0.268 e. The number of hydrogen-bond donors (Lipinski definition) is 2. The van der Waals surface area contributed by atoms with E-state index in [2.05, 4.69) is 10.0 Å². The molecular formula is C32H35N3O7S. The molecule has 43 heavy (non-hydrogen) atoms. The van der Waals surface area contributed by atoms with Crippen LogP contribution in [0.3, 0.4) is 0 Å². The van der Waals surface area contributed by atoms with E-state index in [1.807, 2.05) is 35.0 Å². The van der Waals surface area contributed by atoms with E-state index in [-0.39, 0.29) is 22.1 Å². The van der Waals surface area contributed by atoms with Crippen LogP contribution in [-0.2, 0) is 21.4 Å². The van der Waals surface area contributed by atoms with Crippen molar-refractivity contribution in [3.8, 4) is 17.2 Å². The van der Waals surface area contributed by atoms with Gasteiger partial charge in [-0.3, -0.25) is 9.59 Å². The van der Waals surface area contributed by atoms with Crippen molar-refractivity contribution in [3.63, 3.8) is 0 Å². The Morgan fingerprint density at radius 1 is 0.884 bits per heavy atom. The number of nitrogens with zero attached hydrogens (tertiary/aromatic N) is 1. The number of fused-ring (bicyclic) bond motifs is 1. The van der Waals surface area contributed by atoms with Crippen molar-refractivity contribution >= 4 is 38.4 Å². The fourth-order valence-corrected chi connectivity index (χ4v) is 6.68. The molecule has 1 heterocycles. The number of hydrogen-bond acceptors (Lipinski definition) is 7. The molecule has 1 saturated carbocycles. The molecule has 1 aromatic heterocycles. The minimum Gasteiger partial charge on any atom is -0.497 e. The quantitative estimate of drug-likeness (QED) is 0.236. The average Bonchev–Trinajstić information content (AvgIpc) is 3.66. The summed E-state index contributed by atoms with van der Waals surface area (Å²) in [5, 5.41) is 4.06. The van der Waals surface area contributed by atoms with Gasteiger partial charge in [-0.25, -0.2) is 13.1 Å². The highest BCUT2D eigenvalue weighted by Gasteiger charge is 2.24. The molecular weight excluding hydrogens is 570 g/mol. The summed E-state index contributed by atoms with van der Waals surface area (Å²) in [6.07, 6.45) is 7.12. The summed E-state index contributed by atoms with van der Waals surface area (Å²) < 4.78 is 46.2. The van der Waals surface area contributed by atoms with Crippen LogP contribution in [0.15, 0.2) is 71.8 Å². The van der Waals surface area contributed by atoms with Gasteiger partial charge in [0, 0.05) is 35.5 Å². The lowest BCUT2D eigenvalue weighted by molar-refractivity contribution is -0.117. The van der Waals surface area contributed by atoms with Crippen molar-refractivity contribution < 1.29 is 32.2 Å². The standard InChI is InChI=1S/C32H35N3O7S/c1-40-26-12-13-28(41-2)30(19-26)43(38,39)34-32(37)23-8-9-24(29(17-23)42-3)20-35-15-14-22-10-11-25(18-27(22)35)33-31(36)16-21-6-4-5-7-21/h8-15,17-19,21H,4-7,16,20H2,1-3H3,(H,33,36)(H,34,37). The number of nitrogens with one attached hydrogen (secondary N) is 2. The highest BCUT2D eigenvalue weighted by molar-refractivity contribution is 7.90. The predicted octanol–water partition coefficient (Wildman–Crippen LogP) is 5.35. The van der Waals surface area contributed by atoms with Crippen LogP contribution in [-0.4, -0.2) is 46.1 Å². The van der Waals surface area contributed by atoms with Gasteiger partial charge in [0.25, 0.3) is 15.9 Å². The average molecular weight is 606 g/mol. The molecule has 1 fully saturated rings. The summed E-state index contributed by atoms with van der Waals surface area (Å²) in [6.45, 7) is 0.424. The third kappa shape index (κ3) is 6.77. The molecule has 3 aromatic carbocycles. The highest BCUT2D eigenvalue weighted by Crippen LogP contribution is 2.30. The van der Waals surface area contributed by atoms with Crippen molar-refractivity contribution in [2.24, 2.45) is 5.92 Å². The minimum atomic E-state index is -4.28. The summed E-state index contributed by atoms with van der Waals surface area (Å²) >= 11 is 0. The van der Waals surface area contributed by atoms with Crippen LogP contribution in [0, 0.1) is 5.92 Å². The van der Waals surface area contributed by atoms with Gasteiger partial charge >= 0.3 is 0 Å². The van der Waals surface area contributed by atoms with Gasteiger partial charge in [0.1, 0.15) is 22.1 Å². The van der Waals surface area contributed by atoms with E-state index in [4.69, 9.17) is 14.2 Å². The van der Waals surface area contributed by atoms with E-state index in [1.165, 1.54) is 52.4 Å². The van der Waals surface area contributed by atoms with Crippen LogP contribution in [0.25, 0.3) is 10.9 Å². The monoisotopic (exact) mass is 605 g/mol. The van der Waals surface area contributed by atoms with Gasteiger partial charge in [0.15, 0.2) is 0 Å². The summed E-state index contributed by atoms with van der Waals surface area (Å²) in [6, 6.07) is 16.9. The van der Waals surface area contributed by atoms with Crippen LogP contribution < -0.4 is 24.2 Å². The third-order valence-electron chi connectivity index (χ3n) is 7.78. The molecule has 2 N–H and O–H groups in total. The lowest BCUT2D eigenvalue weighted by atomic mass is 10.0. The van der Waals surface area contributed by atoms with E-state index in [0.717, 1.165) is 35.0 Å². The number of amides is 2. The summed E-state index contributed by atoms with van der Waals surface area (Å²) in [7, 11) is -0.0330. The van der Waals surface area contributed by atoms with Gasteiger partial charge in [-0.05, 0) is 66.6 Å². The van der Waals surface area contributed by atoms with Gasteiger partial charge in [0.2, 0.25) is 5.91 Å². The topological polar surface area (TPSA) is 125 Å². The number of benzene rings is 3. The predicted molar refractivity (Wildman–Crippen MR) is 163 cm³/mol. The molecule has 4 aromatic rings. The molecule has 0 radical (unpaired) electrons. The molecule has 0 unspecified atom stereocenters. The molecule has 0 saturated heterocycles.